The van der Waals surface area contributed by atoms with Gasteiger partial charge in [-0.05, 0) is 43.9 Å². The fourth-order valence-electron chi connectivity index (χ4n) is 2.95. The molecule has 0 spiro atoms. The number of hydrogen-bond donors (Lipinski definition) is 1. The number of aromatic nitrogens is 2. The van der Waals surface area contributed by atoms with Gasteiger partial charge in [0.1, 0.15) is 33.4 Å². The number of carbonyl (C=O) groups is 1. The van der Waals surface area contributed by atoms with Gasteiger partial charge in [-0.15, -0.1) is 11.3 Å². The molecule has 0 amide bonds. The molecule has 0 radical (unpaired) electrons. The van der Waals surface area contributed by atoms with Crippen LogP contribution in [0.2, 0.25) is 0 Å². The number of rotatable bonds is 5. The zero-order valence-corrected chi connectivity index (χ0v) is 15.7. The van der Waals surface area contributed by atoms with Crippen molar-refractivity contribution < 1.29 is 18.7 Å². The van der Waals surface area contributed by atoms with Crippen LogP contribution in [0.1, 0.15) is 34.5 Å². The number of benzene rings is 1. The number of ether oxygens (including phenoxy) is 2. The fraction of sp³-hybridized carbons (Fsp3) is 0.316. The van der Waals surface area contributed by atoms with Crippen molar-refractivity contribution in [3.05, 3.63) is 40.8 Å². The molecule has 0 saturated heterocycles. The van der Waals surface area contributed by atoms with E-state index < -0.39 is 5.97 Å². The minimum absolute atomic E-state index is 0.117. The fourth-order valence-corrected chi connectivity index (χ4v) is 4.01. The van der Waals surface area contributed by atoms with E-state index in [1.807, 2.05) is 6.92 Å². The van der Waals surface area contributed by atoms with Gasteiger partial charge in [-0.25, -0.2) is 19.2 Å². The first-order valence-electron chi connectivity index (χ1n) is 8.62. The SMILES string of the molecule is COC(=O)c1sc2ncnc(Nc3ccc(F)cc3OC3CCC3)c2c1C. The van der Waals surface area contributed by atoms with E-state index in [-0.39, 0.29) is 11.9 Å². The van der Waals surface area contributed by atoms with Crippen LogP contribution in [0.3, 0.4) is 0 Å². The Morgan fingerprint density at radius 2 is 2.15 bits per heavy atom. The van der Waals surface area contributed by atoms with Crippen LogP contribution in [0, 0.1) is 12.7 Å². The van der Waals surface area contributed by atoms with E-state index >= 15 is 0 Å². The van der Waals surface area contributed by atoms with Crippen LogP contribution < -0.4 is 10.1 Å². The summed E-state index contributed by atoms with van der Waals surface area (Å²) in [6.45, 7) is 1.83. The summed E-state index contributed by atoms with van der Waals surface area (Å²) in [6.07, 6.45) is 4.61. The van der Waals surface area contributed by atoms with Gasteiger partial charge in [0, 0.05) is 6.07 Å². The van der Waals surface area contributed by atoms with Crippen molar-refractivity contribution >= 4 is 39.0 Å². The summed E-state index contributed by atoms with van der Waals surface area (Å²) in [4.78, 5) is 21.7. The molecule has 140 valence electrons. The van der Waals surface area contributed by atoms with Crippen LogP contribution in [0.15, 0.2) is 24.5 Å². The molecule has 1 aliphatic rings. The number of aryl methyl sites for hydroxylation is 1. The number of nitrogens with zero attached hydrogens (tertiary/aromatic N) is 2. The number of hydrogen-bond acceptors (Lipinski definition) is 7. The van der Waals surface area contributed by atoms with Gasteiger partial charge in [0.2, 0.25) is 0 Å². The molecule has 8 heteroatoms. The summed E-state index contributed by atoms with van der Waals surface area (Å²) >= 11 is 1.25. The van der Waals surface area contributed by atoms with Gasteiger partial charge in [-0.2, -0.15) is 0 Å². The van der Waals surface area contributed by atoms with Crippen LogP contribution in [-0.2, 0) is 4.74 Å². The molecule has 1 aromatic carbocycles. The van der Waals surface area contributed by atoms with E-state index in [2.05, 4.69) is 15.3 Å². The number of carbonyl (C=O) groups excluding carboxylic acids is 1. The summed E-state index contributed by atoms with van der Waals surface area (Å²) < 4.78 is 24.5. The molecule has 0 atom stereocenters. The maximum atomic E-state index is 13.7. The molecule has 1 fully saturated rings. The lowest BCUT2D eigenvalue weighted by Gasteiger charge is -2.27. The minimum atomic E-state index is -0.405. The summed E-state index contributed by atoms with van der Waals surface area (Å²) in [5, 5.41) is 3.96. The molecule has 6 nitrogen and oxygen atoms in total. The molecule has 0 aliphatic heterocycles. The van der Waals surface area contributed by atoms with Crippen molar-refractivity contribution in [2.24, 2.45) is 0 Å². The highest BCUT2D eigenvalue weighted by molar-refractivity contribution is 7.20. The normalized spacial score (nSPS) is 14.0. The number of halogens is 1. The Kier molecular flexibility index (Phi) is 4.65. The number of fused-ring (bicyclic) bond motifs is 1. The monoisotopic (exact) mass is 387 g/mol. The molecule has 2 heterocycles. The summed E-state index contributed by atoms with van der Waals surface area (Å²) in [5.74, 6) is 0.223. The topological polar surface area (TPSA) is 73.3 Å². The number of nitrogens with one attached hydrogen (secondary N) is 1. The number of thiophene rings is 1. The van der Waals surface area contributed by atoms with Crippen molar-refractivity contribution in [2.45, 2.75) is 32.3 Å². The minimum Gasteiger partial charge on any atom is -0.488 e. The lowest BCUT2D eigenvalue weighted by molar-refractivity contribution is 0.0605. The number of anilines is 2. The Morgan fingerprint density at radius 1 is 1.33 bits per heavy atom. The third-order valence-electron chi connectivity index (χ3n) is 4.64. The van der Waals surface area contributed by atoms with Gasteiger partial charge < -0.3 is 14.8 Å². The highest BCUT2D eigenvalue weighted by Gasteiger charge is 2.23. The Morgan fingerprint density at radius 3 is 2.85 bits per heavy atom. The largest absolute Gasteiger partial charge is 0.488 e. The highest BCUT2D eigenvalue weighted by Crippen LogP contribution is 2.37. The quantitative estimate of drug-likeness (QED) is 0.645. The van der Waals surface area contributed by atoms with Crippen molar-refractivity contribution in [3.63, 3.8) is 0 Å². The molecule has 4 rings (SSSR count). The van der Waals surface area contributed by atoms with Crippen LogP contribution in [0.4, 0.5) is 15.9 Å². The van der Waals surface area contributed by atoms with E-state index in [1.54, 1.807) is 6.07 Å². The zero-order valence-electron chi connectivity index (χ0n) is 14.9. The third kappa shape index (κ3) is 3.32. The van der Waals surface area contributed by atoms with Gasteiger partial charge in [0.05, 0.1) is 24.3 Å². The van der Waals surface area contributed by atoms with Gasteiger partial charge in [0.15, 0.2) is 0 Å². The smallest absolute Gasteiger partial charge is 0.348 e. The van der Waals surface area contributed by atoms with Crippen LogP contribution >= 0.6 is 11.3 Å². The van der Waals surface area contributed by atoms with E-state index in [0.29, 0.717) is 27.0 Å². The van der Waals surface area contributed by atoms with Crippen molar-refractivity contribution in [1.29, 1.82) is 0 Å². The maximum Gasteiger partial charge on any atom is 0.348 e. The predicted octanol–water partition coefficient (Wildman–Crippen LogP) is 4.60. The number of esters is 1. The van der Waals surface area contributed by atoms with E-state index in [1.165, 1.54) is 36.9 Å². The van der Waals surface area contributed by atoms with Crippen LogP contribution in [-0.4, -0.2) is 29.2 Å². The lowest BCUT2D eigenvalue weighted by atomic mass is 9.96. The maximum absolute atomic E-state index is 13.7. The zero-order chi connectivity index (χ0) is 19.0. The predicted molar refractivity (Wildman–Crippen MR) is 101 cm³/mol. The molecule has 3 aromatic rings. The molecule has 27 heavy (non-hydrogen) atoms. The molecular formula is C19H18FN3O3S. The van der Waals surface area contributed by atoms with E-state index in [4.69, 9.17) is 9.47 Å². The van der Waals surface area contributed by atoms with Crippen molar-refractivity contribution in [2.75, 3.05) is 12.4 Å². The van der Waals surface area contributed by atoms with Gasteiger partial charge in [-0.1, -0.05) is 0 Å². The average molecular weight is 387 g/mol. The molecule has 1 saturated carbocycles. The lowest BCUT2D eigenvalue weighted by Crippen LogP contribution is -2.25. The Hall–Kier alpha value is -2.74. The standard InChI is InChI=1S/C19H18FN3O3S/c1-10-15-17(21-9-22-18(15)27-16(10)19(24)25-2)23-13-7-6-11(20)8-14(13)26-12-4-3-5-12/h6-9,12H,3-5H2,1-2H3,(H,21,22,23). The first-order chi connectivity index (χ1) is 13.1. The van der Waals surface area contributed by atoms with E-state index in [0.717, 1.165) is 30.2 Å². The number of methoxy groups -OCH3 is 1. The third-order valence-corrected chi connectivity index (χ3v) is 5.82. The Balaban J connectivity index is 1.73. The van der Waals surface area contributed by atoms with Crippen molar-refractivity contribution in [3.8, 4) is 5.75 Å². The Bertz CT molecular complexity index is 1020. The summed E-state index contributed by atoms with van der Waals surface area (Å²) in [6, 6.07) is 4.37. The summed E-state index contributed by atoms with van der Waals surface area (Å²) in [7, 11) is 1.35. The molecule has 1 N–H and O–H groups in total. The Labute approximate surface area is 159 Å². The first kappa shape index (κ1) is 17.7. The van der Waals surface area contributed by atoms with Crippen LogP contribution in [0.25, 0.3) is 10.2 Å². The highest BCUT2D eigenvalue weighted by atomic mass is 32.1. The molecule has 0 unspecified atom stereocenters. The van der Waals surface area contributed by atoms with Crippen LogP contribution in [0.5, 0.6) is 5.75 Å². The molecule has 1 aliphatic carbocycles. The first-order valence-corrected chi connectivity index (χ1v) is 9.44. The second kappa shape index (κ2) is 7.11. The second-order valence-electron chi connectivity index (χ2n) is 6.39. The summed E-state index contributed by atoms with van der Waals surface area (Å²) in [5.41, 5.74) is 1.36. The molecule has 2 aromatic heterocycles. The molecule has 0 bridgehead atoms. The van der Waals surface area contributed by atoms with Gasteiger partial charge in [0.25, 0.3) is 0 Å². The van der Waals surface area contributed by atoms with Gasteiger partial charge in [-0.3, -0.25) is 0 Å². The van der Waals surface area contributed by atoms with Gasteiger partial charge >= 0.3 is 5.97 Å². The molecular weight excluding hydrogens is 369 g/mol. The average Bonchev–Trinajstić information content (AvgIpc) is 2.97. The van der Waals surface area contributed by atoms with Crippen molar-refractivity contribution in [1.82, 2.24) is 9.97 Å². The second-order valence-corrected chi connectivity index (χ2v) is 7.39. The van der Waals surface area contributed by atoms with E-state index in [9.17, 15) is 9.18 Å².